The predicted molar refractivity (Wildman–Crippen MR) is 125 cm³/mol. The van der Waals surface area contributed by atoms with E-state index in [1.165, 1.54) is 6.92 Å². The lowest BCUT2D eigenvalue weighted by molar-refractivity contribution is -0.143. The Balaban J connectivity index is 2.04. The number of para-hydroxylation sites is 1. The first kappa shape index (κ1) is 27.3. The van der Waals surface area contributed by atoms with E-state index >= 15 is 0 Å². The molecule has 1 aromatic carbocycles. The van der Waals surface area contributed by atoms with E-state index in [1.807, 2.05) is 24.3 Å². The summed E-state index contributed by atoms with van der Waals surface area (Å²) in [5.41, 5.74) is 12.9. The van der Waals surface area contributed by atoms with Gasteiger partial charge in [0.05, 0.1) is 12.6 Å². The lowest BCUT2D eigenvalue weighted by Gasteiger charge is -2.23. The molecule has 190 valence electrons. The molecule has 4 amide bonds. The van der Waals surface area contributed by atoms with Crippen molar-refractivity contribution in [3.63, 3.8) is 0 Å². The van der Waals surface area contributed by atoms with E-state index in [-0.39, 0.29) is 19.3 Å². The smallest absolute Gasteiger partial charge is 0.328 e. The van der Waals surface area contributed by atoms with Gasteiger partial charge in [-0.2, -0.15) is 0 Å². The van der Waals surface area contributed by atoms with Crippen LogP contribution in [0.15, 0.2) is 30.5 Å². The van der Waals surface area contributed by atoms with Crippen LogP contribution in [0.2, 0.25) is 0 Å². The molecule has 0 saturated heterocycles. The molecule has 0 aliphatic heterocycles. The minimum absolute atomic E-state index is 0.143. The highest BCUT2D eigenvalue weighted by atomic mass is 16.4. The van der Waals surface area contributed by atoms with Crippen LogP contribution < -0.4 is 27.4 Å². The average molecular weight is 491 g/mol. The number of carboxylic acids is 1. The summed E-state index contributed by atoms with van der Waals surface area (Å²) in [6, 6.07) is 2.49. The number of rotatable bonds is 13. The number of primary amides is 1. The van der Waals surface area contributed by atoms with E-state index in [2.05, 4.69) is 20.9 Å². The molecule has 2 aromatic rings. The summed E-state index contributed by atoms with van der Waals surface area (Å²) in [6.07, 6.45) is 1.56. The molecule has 4 unspecified atom stereocenters. The van der Waals surface area contributed by atoms with E-state index in [9.17, 15) is 24.0 Å². The summed E-state index contributed by atoms with van der Waals surface area (Å²) >= 11 is 0. The van der Waals surface area contributed by atoms with Crippen LogP contribution in [0.4, 0.5) is 0 Å². The van der Waals surface area contributed by atoms with Crippen molar-refractivity contribution in [2.24, 2.45) is 11.5 Å². The van der Waals surface area contributed by atoms with E-state index < -0.39 is 60.4 Å². The zero-order valence-corrected chi connectivity index (χ0v) is 19.1. The number of carboxylic acid groups (broad SMARTS) is 1. The van der Waals surface area contributed by atoms with Crippen LogP contribution in [0.25, 0.3) is 10.9 Å². The quantitative estimate of drug-likeness (QED) is 0.154. The molecule has 13 heteroatoms. The number of hydrogen-bond donors (Lipinski definition) is 8. The summed E-state index contributed by atoms with van der Waals surface area (Å²) < 4.78 is 0. The Labute approximate surface area is 200 Å². The first-order valence-electron chi connectivity index (χ1n) is 10.9. The maximum Gasteiger partial charge on any atom is 0.328 e. The van der Waals surface area contributed by atoms with Gasteiger partial charge in [-0.3, -0.25) is 19.2 Å². The maximum absolute atomic E-state index is 12.7. The number of hydrogen-bond acceptors (Lipinski definition) is 7. The SMILES string of the molecule is CC(NC(=O)C(CCC(N)=O)NC(=O)C(N)Cc1c[nH]c2ccccc12)C(=O)NC(CO)C(=O)O. The molecule has 0 radical (unpaired) electrons. The Morgan fingerprint density at radius 2 is 1.66 bits per heavy atom. The second-order valence-corrected chi connectivity index (χ2v) is 8.05. The number of aliphatic carboxylic acids is 1. The molecule has 10 N–H and O–H groups in total. The Morgan fingerprint density at radius 1 is 1.00 bits per heavy atom. The number of nitrogens with two attached hydrogens (primary N) is 2. The van der Waals surface area contributed by atoms with Crippen molar-refractivity contribution in [2.75, 3.05) is 6.61 Å². The first-order valence-corrected chi connectivity index (χ1v) is 10.9. The average Bonchev–Trinajstić information content (AvgIpc) is 3.21. The fourth-order valence-corrected chi connectivity index (χ4v) is 3.33. The number of carbonyl (C=O) groups is 5. The van der Waals surface area contributed by atoms with Gasteiger partial charge in [0.2, 0.25) is 23.6 Å². The Bertz CT molecular complexity index is 1090. The predicted octanol–water partition coefficient (Wildman–Crippen LogP) is -2.15. The summed E-state index contributed by atoms with van der Waals surface area (Å²) in [7, 11) is 0. The molecule has 1 aromatic heterocycles. The third-order valence-electron chi connectivity index (χ3n) is 5.31. The zero-order chi connectivity index (χ0) is 26.1. The minimum Gasteiger partial charge on any atom is -0.480 e. The Hall–Kier alpha value is -3.97. The molecule has 0 aliphatic carbocycles. The highest BCUT2D eigenvalue weighted by Gasteiger charge is 2.28. The number of aliphatic hydroxyl groups is 1. The third kappa shape index (κ3) is 7.79. The molecule has 4 atom stereocenters. The van der Waals surface area contributed by atoms with Gasteiger partial charge in [-0.1, -0.05) is 18.2 Å². The zero-order valence-electron chi connectivity index (χ0n) is 19.1. The van der Waals surface area contributed by atoms with Gasteiger partial charge in [0.15, 0.2) is 0 Å². The number of aromatic nitrogens is 1. The van der Waals surface area contributed by atoms with E-state index in [4.69, 9.17) is 21.7 Å². The van der Waals surface area contributed by atoms with Crippen molar-refractivity contribution in [1.82, 2.24) is 20.9 Å². The van der Waals surface area contributed by atoms with Gasteiger partial charge >= 0.3 is 5.97 Å². The fraction of sp³-hybridized carbons (Fsp3) is 0.409. The van der Waals surface area contributed by atoms with Crippen molar-refractivity contribution < 1.29 is 34.2 Å². The van der Waals surface area contributed by atoms with Gasteiger partial charge in [0.25, 0.3) is 0 Å². The maximum atomic E-state index is 12.7. The number of amides is 4. The molecule has 0 bridgehead atoms. The lowest BCUT2D eigenvalue weighted by Crippen LogP contribution is -2.57. The van der Waals surface area contributed by atoms with Crippen LogP contribution in [0.1, 0.15) is 25.3 Å². The highest BCUT2D eigenvalue weighted by molar-refractivity contribution is 5.94. The van der Waals surface area contributed by atoms with Gasteiger partial charge in [-0.05, 0) is 31.4 Å². The number of fused-ring (bicyclic) bond motifs is 1. The lowest BCUT2D eigenvalue weighted by atomic mass is 10.0. The van der Waals surface area contributed by atoms with Gasteiger partial charge < -0.3 is 42.6 Å². The van der Waals surface area contributed by atoms with Crippen LogP contribution in [-0.4, -0.2) is 75.6 Å². The van der Waals surface area contributed by atoms with E-state index in [0.29, 0.717) is 0 Å². The number of aromatic amines is 1. The monoisotopic (exact) mass is 490 g/mol. The van der Waals surface area contributed by atoms with E-state index in [0.717, 1.165) is 16.5 Å². The second-order valence-electron chi connectivity index (χ2n) is 8.05. The number of H-pyrrole nitrogens is 1. The summed E-state index contributed by atoms with van der Waals surface area (Å²) in [5, 5.41) is 25.8. The number of aliphatic hydroxyl groups excluding tert-OH is 1. The topological polar surface area (TPSA) is 230 Å². The third-order valence-corrected chi connectivity index (χ3v) is 5.31. The number of nitrogens with one attached hydrogen (secondary N) is 4. The minimum atomic E-state index is -1.55. The molecule has 0 saturated carbocycles. The molecule has 0 aliphatic rings. The fourth-order valence-electron chi connectivity index (χ4n) is 3.33. The van der Waals surface area contributed by atoms with Crippen molar-refractivity contribution in [1.29, 1.82) is 0 Å². The van der Waals surface area contributed by atoms with E-state index in [1.54, 1.807) is 6.20 Å². The van der Waals surface area contributed by atoms with Crippen LogP contribution in [0.5, 0.6) is 0 Å². The van der Waals surface area contributed by atoms with Gasteiger partial charge in [-0.25, -0.2) is 4.79 Å². The molecule has 0 fully saturated rings. The first-order chi connectivity index (χ1) is 16.5. The summed E-state index contributed by atoms with van der Waals surface area (Å²) in [6.45, 7) is 0.451. The van der Waals surface area contributed by atoms with Crippen molar-refractivity contribution in [2.45, 2.75) is 50.4 Å². The Kier molecular flexibility index (Phi) is 9.73. The molecular weight excluding hydrogens is 460 g/mol. The second kappa shape index (κ2) is 12.5. The molecule has 13 nitrogen and oxygen atoms in total. The molecular formula is C22H30N6O7. The number of carbonyl (C=O) groups excluding carboxylic acids is 4. The van der Waals surface area contributed by atoms with Gasteiger partial charge in [0.1, 0.15) is 18.1 Å². The molecule has 0 spiro atoms. The van der Waals surface area contributed by atoms with Crippen LogP contribution in [-0.2, 0) is 30.4 Å². The van der Waals surface area contributed by atoms with Crippen molar-refractivity contribution >= 4 is 40.5 Å². The summed E-state index contributed by atoms with van der Waals surface area (Å²) in [4.78, 5) is 62.9. The van der Waals surface area contributed by atoms with Crippen LogP contribution in [0, 0.1) is 0 Å². The normalized spacial score (nSPS) is 14.4. The Morgan fingerprint density at radius 3 is 2.29 bits per heavy atom. The van der Waals surface area contributed by atoms with Crippen LogP contribution >= 0.6 is 0 Å². The molecule has 35 heavy (non-hydrogen) atoms. The van der Waals surface area contributed by atoms with Crippen molar-refractivity contribution in [3.8, 4) is 0 Å². The number of benzene rings is 1. The molecule has 2 rings (SSSR count). The molecule has 1 heterocycles. The largest absolute Gasteiger partial charge is 0.480 e. The standard InChI is InChI=1S/C22H30N6O7/c1-11(19(31)28-17(10-29)22(34)35)26-21(33)16(6-7-18(24)30)27-20(32)14(23)8-12-9-25-15-5-3-2-4-13(12)15/h2-5,9,11,14,16-17,25,29H,6-8,10,23H2,1H3,(H2,24,30)(H,26,33)(H,27,32)(H,28,31)(H,34,35). The van der Waals surface area contributed by atoms with Crippen LogP contribution in [0.3, 0.4) is 0 Å². The van der Waals surface area contributed by atoms with Crippen molar-refractivity contribution in [3.05, 3.63) is 36.0 Å². The summed E-state index contributed by atoms with van der Waals surface area (Å²) in [5.74, 6) is -4.45. The van der Waals surface area contributed by atoms with Gasteiger partial charge in [0, 0.05) is 23.5 Å². The van der Waals surface area contributed by atoms with Gasteiger partial charge in [-0.15, -0.1) is 0 Å². The highest BCUT2D eigenvalue weighted by Crippen LogP contribution is 2.18.